The van der Waals surface area contributed by atoms with Crippen molar-refractivity contribution < 1.29 is 4.39 Å². The molecule has 124 valence electrons. The predicted molar refractivity (Wildman–Crippen MR) is 99.1 cm³/mol. The van der Waals surface area contributed by atoms with Crippen LogP contribution in [0, 0.1) is 12.7 Å². The van der Waals surface area contributed by atoms with Gasteiger partial charge in [-0.05, 0) is 36.8 Å². The number of rotatable bonds is 4. The van der Waals surface area contributed by atoms with Crippen LogP contribution in [0.2, 0.25) is 0 Å². The van der Waals surface area contributed by atoms with E-state index in [1.807, 2.05) is 43.5 Å². The van der Waals surface area contributed by atoms with Gasteiger partial charge in [0.1, 0.15) is 5.82 Å². The fraction of sp³-hybridized carbons (Fsp3) is 0.0952. The van der Waals surface area contributed by atoms with Crippen molar-refractivity contribution in [2.24, 2.45) is 0 Å². The molecule has 0 aliphatic carbocycles. The highest BCUT2D eigenvalue weighted by molar-refractivity contribution is 5.86. The minimum atomic E-state index is -0.270. The van der Waals surface area contributed by atoms with Crippen LogP contribution in [0.25, 0.3) is 10.9 Å². The Morgan fingerprint density at radius 2 is 1.80 bits per heavy atom. The summed E-state index contributed by atoms with van der Waals surface area (Å²) in [6.45, 7) is 2.04. The van der Waals surface area contributed by atoms with Crippen LogP contribution in [-0.4, -0.2) is 9.97 Å². The number of nitrogens with zero attached hydrogens (tertiary/aromatic N) is 1. The van der Waals surface area contributed by atoms with Crippen molar-refractivity contribution in [2.45, 2.75) is 13.0 Å². The van der Waals surface area contributed by atoms with E-state index in [0.717, 1.165) is 27.7 Å². The number of aromatic nitrogens is 2. The van der Waals surface area contributed by atoms with Gasteiger partial charge in [0, 0.05) is 34.6 Å². The lowest BCUT2D eigenvalue weighted by Gasteiger charge is -2.21. The average Bonchev–Trinajstić information content (AvgIpc) is 2.97. The van der Waals surface area contributed by atoms with E-state index in [0.29, 0.717) is 5.69 Å². The SMILES string of the molecule is Cc1[nH]c2ccccc2c1[C@H](Nc1ccccc1F)c1cccnc1. The third kappa shape index (κ3) is 2.87. The molecule has 0 aliphatic heterocycles. The number of pyridine rings is 1. The number of benzene rings is 2. The largest absolute Gasteiger partial charge is 0.372 e. The van der Waals surface area contributed by atoms with Gasteiger partial charge in [-0.15, -0.1) is 0 Å². The van der Waals surface area contributed by atoms with Gasteiger partial charge in [0.15, 0.2) is 0 Å². The first-order chi connectivity index (χ1) is 12.2. The van der Waals surface area contributed by atoms with Crippen LogP contribution in [0.15, 0.2) is 73.1 Å². The lowest BCUT2D eigenvalue weighted by Crippen LogP contribution is -2.14. The lowest BCUT2D eigenvalue weighted by atomic mass is 9.97. The summed E-state index contributed by atoms with van der Waals surface area (Å²) < 4.78 is 14.2. The second-order valence-corrected chi connectivity index (χ2v) is 6.05. The maximum Gasteiger partial charge on any atom is 0.146 e. The molecule has 0 spiro atoms. The molecule has 2 heterocycles. The van der Waals surface area contributed by atoms with Crippen LogP contribution < -0.4 is 5.32 Å². The predicted octanol–water partition coefficient (Wildman–Crippen LogP) is 5.21. The minimum Gasteiger partial charge on any atom is -0.372 e. The van der Waals surface area contributed by atoms with Crippen molar-refractivity contribution in [3.63, 3.8) is 0 Å². The molecule has 0 amide bonds. The number of anilines is 1. The molecule has 0 aliphatic rings. The van der Waals surface area contributed by atoms with E-state index in [2.05, 4.69) is 27.4 Å². The zero-order valence-electron chi connectivity index (χ0n) is 13.8. The number of fused-ring (bicyclic) bond motifs is 1. The van der Waals surface area contributed by atoms with Gasteiger partial charge in [0.05, 0.1) is 11.7 Å². The molecule has 0 radical (unpaired) electrons. The summed E-state index contributed by atoms with van der Waals surface area (Å²) in [5, 5.41) is 4.49. The van der Waals surface area contributed by atoms with E-state index in [-0.39, 0.29) is 11.9 Å². The van der Waals surface area contributed by atoms with Crippen LogP contribution in [0.4, 0.5) is 10.1 Å². The molecule has 0 bridgehead atoms. The molecular formula is C21H18FN3. The highest BCUT2D eigenvalue weighted by atomic mass is 19.1. The molecule has 2 aromatic carbocycles. The zero-order valence-corrected chi connectivity index (χ0v) is 13.8. The van der Waals surface area contributed by atoms with E-state index < -0.39 is 0 Å². The van der Waals surface area contributed by atoms with Crippen LogP contribution in [0.3, 0.4) is 0 Å². The van der Waals surface area contributed by atoms with Crippen molar-refractivity contribution in [1.29, 1.82) is 0 Å². The number of aryl methyl sites for hydroxylation is 1. The average molecular weight is 331 g/mol. The third-order valence-corrected chi connectivity index (χ3v) is 4.42. The fourth-order valence-corrected chi connectivity index (χ4v) is 3.27. The topological polar surface area (TPSA) is 40.7 Å². The Labute approximate surface area is 145 Å². The molecule has 3 nitrogen and oxygen atoms in total. The minimum absolute atomic E-state index is 0.207. The van der Waals surface area contributed by atoms with E-state index in [9.17, 15) is 4.39 Å². The van der Waals surface area contributed by atoms with E-state index in [1.165, 1.54) is 6.07 Å². The smallest absolute Gasteiger partial charge is 0.146 e. The van der Waals surface area contributed by atoms with Crippen molar-refractivity contribution in [1.82, 2.24) is 9.97 Å². The maximum atomic E-state index is 14.2. The maximum absolute atomic E-state index is 14.2. The molecule has 25 heavy (non-hydrogen) atoms. The number of hydrogen-bond donors (Lipinski definition) is 2. The Balaban J connectivity index is 1.88. The summed E-state index contributed by atoms with van der Waals surface area (Å²) in [4.78, 5) is 7.67. The molecule has 2 N–H and O–H groups in total. The quantitative estimate of drug-likeness (QED) is 0.539. The molecule has 2 aromatic heterocycles. The van der Waals surface area contributed by atoms with Crippen LogP contribution in [-0.2, 0) is 0 Å². The van der Waals surface area contributed by atoms with Gasteiger partial charge in [0.25, 0.3) is 0 Å². The van der Waals surface area contributed by atoms with E-state index >= 15 is 0 Å². The van der Waals surface area contributed by atoms with E-state index in [1.54, 1.807) is 18.3 Å². The number of para-hydroxylation sites is 2. The lowest BCUT2D eigenvalue weighted by molar-refractivity contribution is 0.628. The molecule has 1 atom stereocenters. The monoisotopic (exact) mass is 331 g/mol. The molecule has 0 saturated heterocycles. The van der Waals surface area contributed by atoms with Crippen LogP contribution in [0.5, 0.6) is 0 Å². The number of aromatic amines is 1. The Kier molecular flexibility index (Phi) is 3.94. The first kappa shape index (κ1) is 15.4. The van der Waals surface area contributed by atoms with Gasteiger partial charge in [-0.1, -0.05) is 36.4 Å². The first-order valence-corrected chi connectivity index (χ1v) is 8.22. The second kappa shape index (κ2) is 6.40. The summed E-state index contributed by atoms with van der Waals surface area (Å²) in [6, 6.07) is 18.6. The fourth-order valence-electron chi connectivity index (χ4n) is 3.27. The Hall–Kier alpha value is -3.14. The van der Waals surface area contributed by atoms with Gasteiger partial charge in [-0.2, -0.15) is 0 Å². The highest BCUT2D eigenvalue weighted by Crippen LogP contribution is 2.34. The van der Waals surface area contributed by atoms with Crippen molar-refractivity contribution in [3.05, 3.63) is 95.7 Å². The Bertz CT molecular complexity index is 1010. The number of halogens is 1. The number of H-pyrrole nitrogens is 1. The summed E-state index contributed by atoms with van der Waals surface area (Å²) in [7, 11) is 0. The van der Waals surface area contributed by atoms with Crippen molar-refractivity contribution in [3.8, 4) is 0 Å². The molecule has 4 heteroatoms. The summed E-state index contributed by atoms with van der Waals surface area (Å²) in [6.07, 6.45) is 3.56. The molecular weight excluding hydrogens is 313 g/mol. The molecule has 4 rings (SSSR count). The Morgan fingerprint density at radius 1 is 1.00 bits per heavy atom. The summed E-state index contributed by atoms with van der Waals surface area (Å²) in [5.74, 6) is -0.270. The molecule has 0 fully saturated rings. The summed E-state index contributed by atoms with van der Waals surface area (Å²) in [5.41, 5.74) is 4.68. The second-order valence-electron chi connectivity index (χ2n) is 6.05. The highest BCUT2D eigenvalue weighted by Gasteiger charge is 2.21. The molecule has 4 aromatic rings. The first-order valence-electron chi connectivity index (χ1n) is 8.22. The normalized spacial score (nSPS) is 12.2. The third-order valence-electron chi connectivity index (χ3n) is 4.42. The zero-order chi connectivity index (χ0) is 17.2. The van der Waals surface area contributed by atoms with Gasteiger partial charge >= 0.3 is 0 Å². The van der Waals surface area contributed by atoms with Crippen LogP contribution >= 0.6 is 0 Å². The van der Waals surface area contributed by atoms with Crippen molar-refractivity contribution >= 4 is 16.6 Å². The van der Waals surface area contributed by atoms with Gasteiger partial charge in [-0.3, -0.25) is 4.98 Å². The number of nitrogens with one attached hydrogen (secondary N) is 2. The number of hydrogen-bond acceptors (Lipinski definition) is 2. The van der Waals surface area contributed by atoms with Gasteiger partial charge < -0.3 is 10.3 Å². The van der Waals surface area contributed by atoms with Gasteiger partial charge in [0.2, 0.25) is 0 Å². The van der Waals surface area contributed by atoms with Gasteiger partial charge in [-0.25, -0.2) is 4.39 Å². The van der Waals surface area contributed by atoms with Crippen molar-refractivity contribution in [2.75, 3.05) is 5.32 Å². The Morgan fingerprint density at radius 3 is 2.60 bits per heavy atom. The standard InChI is InChI=1S/C21H18FN3/c1-14-20(16-8-2-4-10-18(16)24-14)21(15-7-6-12-23-13-15)25-19-11-5-3-9-17(19)22/h2-13,21,24-25H,1H3/t21-/m1/s1. The molecule has 0 saturated carbocycles. The van der Waals surface area contributed by atoms with E-state index in [4.69, 9.17) is 0 Å². The van der Waals surface area contributed by atoms with Crippen LogP contribution in [0.1, 0.15) is 22.9 Å². The summed E-state index contributed by atoms with van der Waals surface area (Å²) >= 11 is 0. The molecule has 0 unspecified atom stereocenters.